The molecule has 0 N–H and O–H groups in total. The van der Waals surface area contributed by atoms with Gasteiger partial charge in [-0.3, -0.25) is 0 Å². The third-order valence-corrected chi connectivity index (χ3v) is 9.83. The summed E-state index contributed by atoms with van der Waals surface area (Å²) in [5, 5.41) is 0. The summed E-state index contributed by atoms with van der Waals surface area (Å²) in [6.07, 6.45) is 14.7. The second kappa shape index (κ2) is 19.1. The van der Waals surface area contributed by atoms with Gasteiger partial charge in [-0.1, -0.05) is 85.0 Å². The van der Waals surface area contributed by atoms with Crippen molar-refractivity contribution in [1.29, 1.82) is 0 Å². The first-order valence-electron chi connectivity index (χ1n) is 19.2. The summed E-state index contributed by atoms with van der Waals surface area (Å²) in [5.41, 5.74) is 14.7. The third-order valence-electron chi connectivity index (χ3n) is 9.83. The average Bonchev–Trinajstić information content (AvgIpc) is 3.25. The monoisotopic (exact) mass is 764 g/mol. The molecule has 0 amide bonds. The Balaban J connectivity index is 1.33. The van der Waals surface area contributed by atoms with E-state index < -0.39 is 11.9 Å². The molecule has 0 aliphatic carbocycles. The van der Waals surface area contributed by atoms with Crippen molar-refractivity contribution in [2.24, 2.45) is 0 Å². The zero-order valence-electron chi connectivity index (χ0n) is 33.8. The zero-order chi connectivity index (χ0) is 41.0. The summed E-state index contributed by atoms with van der Waals surface area (Å²) in [4.78, 5) is 28.0. The number of benzene rings is 6. The van der Waals surface area contributed by atoms with Gasteiger partial charge in [0.15, 0.2) is 0 Å². The number of hydrogen-bond acceptors (Lipinski definition) is 6. The van der Waals surface area contributed by atoms with Crippen LogP contribution in [0.1, 0.15) is 47.2 Å². The topological polar surface area (TPSA) is 59.1 Å². The van der Waals surface area contributed by atoms with E-state index in [1.54, 1.807) is 12.2 Å². The molecule has 0 radical (unpaired) electrons. The molecule has 0 unspecified atom stereocenters. The number of carbonyl (C=O) groups excluding carboxylic acids is 2. The molecule has 0 fully saturated rings. The Labute approximate surface area is 342 Å². The Kier molecular flexibility index (Phi) is 13.3. The normalized spacial score (nSPS) is 11.5. The number of hydrogen-bond donors (Lipinski definition) is 0. The quantitative estimate of drug-likeness (QED) is 0.0862. The van der Waals surface area contributed by atoms with Gasteiger partial charge in [-0.15, -0.1) is 0 Å². The molecular weight excluding hydrogens is 717 g/mol. The van der Waals surface area contributed by atoms with Crippen LogP contribution in [-0.4, -0.2) is 26.2 Å². The zero-order valence-corrected chi connectivity index (χ0v) is 33.8. The number of esters is 2. The fraction of sp³-hybridized carbons (Fsp3) is 0.115. The standard InChI is InChI=1S/C52H48N2O4/c1-7-9-39-11-23-45(24-12-39)53(49-31-16-41(10-8-2)37(3)35-49)47-27-18-43(19-28-47)44-20-29-48(30-21-44)54(46-25-13-40(14-26-46)15-33-51(55)57-5)50-32-17-42(38(4)36-50)22-34-52(56)58-6/h7-36H,1-6H3/b9-7+,10-8+,33-15+,34-22+. The molecule has 0 saturated carbocycles. The van der Waals surface area contributed by atoms with E-state index in [-0.39, 0.29) is 0 Å². The van der Waals surface area contributed by atoms with Gasteiger partial charge in [-0.05, 0) is 157 Å². The summed E-state index contributed by atoms with van der Waals surface area (Å²) in [6.45, 7) is 8.25. The van der Waals surface area contributed by atoms with Gasteiger partial charge in [0.25, 0.3) is 0 Å². The van der Waals surface area contributed by atoms with Gasteiger partial charge in [-0.25, -0.2) is 9.59 Å². The number of anilines is 6. The molecule has 6 aromatic carbocycles. The van der Waals surface area contributed by atoms with E-state index >= 15 is 0 Å². The van der Waals surface area contributed by atoms with Crippen molar-refractivity contribution in [1.82, 2.24) is 0 Å². The largest absolute Gasteiger partial charge is 0.466 e. The molecule has 6 nitrogen and oxygen atoms in total. The molecular formula is C52H48N2O4. The summed E-state index contributed by atoms with van der Waals surface area (Å²) in [7, 11) is 2.73. The molecule has 0 aromatic heterocycles. The molecule has 0 bridgehead atoms. The van der Waals surface area contributed by atoms with Crippen molar-refractivity contribution in [3.05, 3.63) is 191 Å². The first-order valence-corrected chi connectivity index (χ1v) is 19.2. The van der Waals surface area contributed by atoms with Gasteiger partial charge < -0.3 is 19.3 Å². The second-order valence-corrected chi connectivity index (χ2v) is 13.7. The van der Waals surface area contributed by atoms with E-state index in [1.165, 1.54) is 37.5 Å². The molecule has 0 spiro atoms. The lowest BCUT2D eigenvalue weighted by Crippen LogP contribution is -2.10. The molecule has 0 atom stereocenters. The maximum atomic E-state index is 11.8. The minimum absolute atomic E-state index is 0.404. The molecule has 6 aromatic rings. The summed E-state index contributed by atoms with van der Waals surface area (Å²) in [6, 6.07) is 46.6. The summed E-state index contributed by atoms with van der Waals surface area (Å²) >= 11 is 0. The fourth-order valence-corrected chi connectivity index (χ4v) is 6.77. The summed E-state index contributed by atoms with van der Waals surface area (Å²) < 4.78 is 9.54. The van der Waals surface area contributed by atoms with Crippen LogP contribution in [0, 0.1) is 13.8 Å². The molecule has 0 heterocycles. The van der Waals surface area contributed by atoms with E-state index in [1.807, 2.05) is 57.2 Å². The predicted octanol–water partition coefficient (Wildman–Crippen LogP) is 13.3. The maximum absolute atomic E-state index is 11.8. The smallest absolute Gasteiger partial charge is 0.330 e. The van der Waals surface area contributed by atoms with Gasteiger partial charge in [0.1, 0.15) is 0 Å². The molecule has 0 saturated heterocycles. The van der Waals surface area contributed by atoms with Crippen LogP contribution in [0.3, 0.4) is 0 Å². The highest BCUT2D eigenvalue weighted by molar-refractivity contribution is 5.89. The Morgan fingerprint density at radius 1 is 0.431 bits per heavy atom. The minimum Gasteiger partial charge on any atom is -0.466 e. The van der Waals surface area contributed by atoms with Crippen molar-refractivity contribution in [3.63, 3.8) is 0 Å². The van der Waals surface area contributed by atoms with Crippen molar-refractivity contribution in [2.75, 3.05) is 24.0 Å². The first-order chi connectivity index (χ1) is 28.2. The first kappa shape index (κ1) is 40.5. The van der Waals surface area contributed by atoms with Crippen LogP contribution in [0.4, 0.5) is 34.1 Å². The number of nitrogens with zero attached hydrogens (tertiary/aromatic N) is 2. The van der Waals surface area contributed by atoms with E-state index in [0.29, 0.717) is 0 Å². The van der Waals surface area contributed by atoms with Crippen molar-refractivity contribution >= 4 is 70.4 Å². The Bertz CT molecular complexity index is 2470. The number of allylic oxidation sites excluding steroid dienone is 2. The average molecular weight is 765 g/mol. The highest BCUT2D eigenvalue weighted by Gasteiger charge is 2.16. The van der Waals surface area contributed by atoms with Crippen molar-refractivity contribution in [2.45, 2.75) is 27.7 Å². The van der Waals surface area contributed by atoms with Crippen molar-refractivity contribution in [3.8, 4) is 11.1 Å². The van der Waals surface area contributed by atoms with Gasteiger partial charge in [0.05, 0.1) is 14.2 Å². The van der Waals surface area contributed by atoms with Gasteiger partial charge in [0.2, 0.25) is 0 Å². The number of aryl methyl sites for hydroxylation is 2. The predicted molar refractivity (Wildman–Crippen MR) is 242 cm³/mol. The molecule has 0 aliphatic rings. The maximum Gasteiger partial charge on any atom is 0.330 e. The molecule has 6 heteroatoms. The number of ether oxygens (including phenoxy) is 2. The van der Waals surface area contributed by atoms with Gasteiger partial charge in [0, 0.05) is 46.3 Å². The van der Waals surface area contributed by atoms with Crippen LogP contribution >= 0.6 is 0 Å². The highest BCUT2D eigenvalue weighted by Crippen LogP contribution is 2.39. The molecule has 290 valence electrons. The van der Waals surface area contributed by atoms with Crippen LogP contribution in [-0.2, 0) is 19.1 Å². The molecule has 58 heavy (non-hydrogen) atoms. The van der Waals surface area contributed by atoms with Gasteiger partial charge >= 0.3 is 11.9 Å². The van der Waals surface area contributed by atoms with Crippen LogP contribution in [0.25, 0.3) is 35.4 Å². The lowest BCUT2D eigenvalue weighted by molar-refractivity contribution is -0.135. The third kappa shape index (κ3) is 9.78. The molecule has 0 aliphatic heterocycles. The van der Waals surface area contributed by atoms with Crippen LogP contribution in [0.15, 0.2) is 158 Å². The number of methoxy groups -OCH3 is 2. The van der Waals surface area contributed by atoms with Crippen LogP contribution < -0.4 is 9.80 Å². The SMILES string of the molecule is C/C=C/c1ccc(N(c2ccc(-c3ccc(N(c4ccc(/C=C/C(=O)OC)cc4)c4ccc(/C=C/C(=O)OC)c(C)c4)cc3)cc2)c2ccc(/C=C/C)c(C)c2)cc1. The Morgan fingerprint density at radius 3 is 1.16 bits per heavy atom. The second-order valence-electron chi connectivity index (χ2n) is 13.7. The Morgan fingerprint density at radius 2 is 0.776 bits per heavy atom. The Hall–Kier alpha value is -7.18. The summed E-state index contributed by atoms with van der Waals surface area (Å²) in [5.74, 6) is -0.812. The van der Waals surface area contributed by atoms with Crippen LogP contribution in [0.5, 0.6) is 0 Å². The number of carbonyl (C=O) groups is 2. The molecule has 6 rings (SSSR count). The fourth-order valence-electron chi connectivity index (χ4n) is 6.77. The lowest BCUT2D eigenvalue weighted by Gasteiger charge is -2.27. The van der Waals surface area contributed by atoms with E-state index in [9.17, 15) is 9.59 Å². The van der Waals surface area contributed by atoms with Gasteiger partial charge in [-0.2, -0.15) is 0 Å². The van der Waals surface area contributed by atoms with E-state index in [0.717, 1.165) is 67.5 Å². The number of rotatable bonds is 13. The highest BCUT2D eigenvalue weighted by atomic mass is 16.5. The van der Waals surface area contributed by atoms with Crippen LogP contribution in [0.2, 0.25) is 0 Å². The van der Waals surface area contributed by atoms with E-state index in [2.05, 4.69) is 138 Å². The lowest BCUT2D eigenvalue weighted by atomic mass is 10.0. The minimum atomic E-state index is -0.408. The van der Waals surface area contributed by atoms with Crippen molar-refractivity contribution < 1.29 is 19.1 Å². The van der Waals surface area contributed by atoms with E-state index in [4.69, 9.17) is 9.47 Å².